The van der Waals surface area contributed by atoms with E-state index in [4.69, 9.17) is 16.4 Å². The molecule has 1 aliphatic heterocycles. The van der Waals surface area contributed by atoms with Crippen molar-refractivity contribution in [2.45, 2.75) is 44.9 Å². The number of rotatable bonds is 4. The number of hydrogen-bond donors (Lipinski definition) is 2. The summed E-state index contributed by atoms with van der Waals surface area (Å²) in [7, 11) is 0. The van der Waals surface area contributed by atoms with E-state index in [-0.39, 0.29) is 11.6 Å². The van der Waals surface area contributed by atoms with Gasteiger partial charge in [-0.25, -0.2) is 0 Å². The Labute approximate surface area is 124 Å². The van der Waals surface area contributed by atoms with Gasteiger partial charge in [-0.2, -0.15) is 0 Å². The molecule has 110 valence electrons. The van der Waals surface area contributed by atoms with Gasteiger partial charge in [-0.15, -0.1) is 0 Å². The molecule has 2 atom stereocenters. The van der Waals surface area contributed by atoms with Crippen molar-refractivity contribution in [3.05, 3.63) is 34.9 Å². The number of nitrogens with one attached hydrogen (secondary N) is 1. The fourth-order valence-electron chi connectivity index (χ4n) is 1.96. The number of hydrogen-bond acceptors (Lipinski definition) is 4. The number of oxime groups is 1. The Morgan fingerprint density at radius 1 is 1.40 bits per heavy atom. The number of aliphatic hydroxyl groups is 1. The smallest absolute Gasteiger partial charge is 0.160 e. The third-order valence-electron chi connectivity index (χ3n) is 3.14. The second kappa shape index (κ2) is 6.12. The average Bonchev–Trinajstić information content (AvgIpc) is 2.85. The van der Waals surface area contributed by atoms with Gasteiger partial charge in [-0.1, -0.05) is 28.9 Å². The lowest BCUT2D eigenvalue weighted by atomic mass is 10.0. The van der Waals surface area contributed by atoms with Crippen LogP contribution in [0.1, 0.15) is 32.8 Å². The molecule has 1 aromatic carbocycles. The van der Waals surface area contributed by atoms with E-state index in [0.717, 1.165) is 11.3 Å². The normalized spacial score (nSPS) is 20.4. The predicted octanol–water partition coefficient (Wildman–Crippen LogP) is 2.58. The first-order chi connectivity index (χ1) is 9.35. The van der Waals surface area contributed by atoms with Crippen LogP contribution >= 0.6 is 11.6 Å². The van der Waals surface area contributed by atoms with Gasteiger partial charge in [0, 0.05) is 23.5 Å². The van der Waals surface area contributed by atoms with Gasteiger partial charge in [0.15, 0.2) is 6.10 Å². The summed E-state index contributed by atoms with van der Waals surface area (Å²) in [5.74, 6) is 0. The van der Waals surface area contributed by atoms with Crippen LogP contribution in [-0.2, 0) is 4.84 Å². The third-order valence-corrected chi connectivity index (χ3v) is 3.39. The van der Waals surface area contributed by atoms with Gasteiger partial charge in [0.1, 0.15) is 6.10 Å². The van der Waals surface area contributed by atoms with Crippen LogP contribution in [0.3, 0.4) is 0 Å². The number of nitrogens with zero attached hydrogens (tertiary/aromatic N) is 1. The van der Waals surface area contributed by atoms with Gasteiger partial charge in [-0.05, 0) is 38.5 Å². The van der Waals surface area contributed by atoms with Gasteiger partial charge in [0.05, 0.1) is 5.71 Å². The number of benzene rings is 1. The zero-order chi connectivity index (χ0) is 14.8. The van der Waals surface area contributed by atoms with Crippen molar-refractivity contribution in [3.63, 3.8) is 0 Å². The van der Waals surface area contributed by atoms with Gasteiger partial charge >= 0.3 is 0 Å². The Bertz CT molecular complexity index is 480. The Morgan fingerprint density at radius 2 is 2.05 bits per heavy atom. The maximum absolute atomic E-state index is 10.1. The van der Waals surface area contributed by atoms with Crippen LogP contribution in [-0.4, -0.2) is 35.1 Å². The second-order valence-corrected chi connectivity index (χ2v) is 6.53. The largest absolute Gasteiger partial charge is 0.389 e. The average molecular weight is 297 g/mol. The highest BCUT2D eigenvalue weighted by molar-refractivity contribution is 6.30. The van der Waals surface area contributed by atoms with Crippen molar-refractivity contribution in [3.8, 4) is 0 Å². The third kappa shape index (κ3) is 4.20. The Kier molecular flexibility index (Phi) is 4.68. The molecule has 0 unspecified atom stereocenters. The summed E-state index contributed by atoms with van der Waals surface area (Å²) < 4.78 is 0. The highest BCUT2D eigenvalue weighted by Crippen LogP contribution is 2.20. The summed E-state index contributed by atoms with van der Waals surface area (Å²) in [5, 5.41) is 18.2. The van der Waals surface area contributed by atoms with Crippen molar-refractivity contribution in [2.24, 2.45) is 5.16 Å². The highest BCUT2D eigenvalue weighted by Gasteiger charge is 2.29. The van der Waals surface area contributed by atoms with Crippen LogP contribution in [0.5, 0.6) is 0 Å². The molecule has 20 heavy (non-hydrogen) atoms. The molecule has 1 aliphatic rings. The molecule has 5 heteroatoms. The molecule has 0 aliphatic carbocycles. The maximum Gasteiger partial charge on any atom is 0.160 e. The molecular formula is C15H21ClN2O2. The molecule has 0 saturated carbocycles. The van der Waals surface area contributed by atoms with Crippen LogP contribution in [0.4, 0.5) is 0 Å². The van der Waals surface area contributed by atoms with E-state index in [1.807, 2.05) is 24.3 Å². The van der Waals surface area contributed by atoms with E-state index in [9.17, 15) is 5.11 Å². The van der Waals surface area contributed by atoms with Crippen LogP contribution < -0.4 is 5.32 Å². The molecule has 0 fully saturated rings. The summed E-state index contributed by atoms with van der Waals surface area (Å²) in [4.78, 5) is 5.34. The second-order valence-electron chi connectivity index (χ2n) is 6.09. The van der Waals surface area contributed by atoms with Crippen LogP contribution in [0.2, 0.25) is 5.02 Å². The summed E-state index contributed by atoms with van der Waals surface area (Å²) >= 11 is 5.86. The minimum Gasteiger partial charge on any atom is -0.389 e. The summed E-state index contributed by atoms with van der Waals surface area (Å²) in [6.07, 6.45) is -0.271. The van der Waals surface area contributed by atoms with Gasteiger partial charge < -0.3 is 15.3 Å². The Hall–Kier alpha value is -1.10. The zero-order valence-electron chi connectivity index (χ0n) is 12.1. The first kappa shape index (κ1) is 15.3. The van der Waals surface area contributed by atoms with Crippen LogP contribution in [0, 0.1) is 0 Å². The number of aliphatic hydroxyl groups excluding tert-OH is 1. The predicted molar refractivity (Wildman–Crippen MR) is 81.2 cm³/mol. The van der Waals surface area contributed by atoms with Crippen molar-refractivity contribution in [1.29, 1.82) is 0 Å². The van der Waals surface area contributed by atoms with Gasteiger partial charge in [-0.3, -0.25) is 0 Å². The molecular weight excluding hydrogens is 276 g/mol. The lowest BCUT2D eigenvalue weighted by molar-refractivity contribution is -0.0181. The number of β-amino-alcohol motifs (C(OH)–C–C–N with tert-alkyl or cyclic N) is 1. The van der Waals surface area contributed by atoms with Crippen LogP contribution in [0.15, 0.2) is 29.4 Å². The topological polar surface area (TPSA) is 53.8 Å². The first-order valence-corrected chi connectivity index (χ1v) is 7.15. The standard InChI is InChI=1S/C15H21ClN2O2/c1-15(2,3)17-9-13(19)14-8-12(18-20-14)10-4-6-11(16)7-5-10/h4-7,13-14,17,19H,8-9H2,1-3H3/t13-,14-/m0/s1. The molecule has 2 rings (SSSR count). The molecule has 0 spiro atoms. The summed E-state index contributed by atoms with van der Waals surface area (Å²) in [6, 6.07) is 7.47. The summed E-state index contributed by atoms with van der Waals surface area (Å²) in [6.45, 7) is 6.66. The monoisotopic (exact) mass is 296 g/mol. The molecule has 0 amide bonds. The fraction of sp³-hybridized carbons (Fsp3) is 0.533. The van der Waals surface area contributed by atoms with E-state index in [2.05, 4.69) is 31.2 Å². The van der Waals surface area contributed by atoms with E-state index < -0.39 is 6.10 Å². The Morgan fingerprint density at radius 3 is 2.65 bits per heavy atom. The van der Waals surface area contributed by atoms with Crippen LogP contribution in [0.25, 0.3) is 0 Å². The molecule has 0 radical (unpaired) electrons. The lowest BCUT2D eigenvalue weighted by Gasteiger charge is -2.24. The molecule has 2 N–H and O–H groups in total. The van der Waals surface area contributed by atoms with Crippen molar-refractivity contribution < 1.29 is 9.94 Å². The molecule has 0 saturated heterocycles. The zero-order valence-corrected chi connectivity index (χ0v) is 12.8. The Balaban J connectivity index is 1.89. The van der Waals surface area contributed by atoms with Gasteiger partial charge in [0.25, 0.3) is 0 Å². The molecule has 1 heterocycles. The highest BCUT2D eigenvalue weighted by atomic mass is 35.5. The fourth-order valence-corrected chi connectivity index (χ4v) is 2.08. The quantitative estimate of drug-likeness (QED) is 0.898. The van der Waals surface area contributed by atoms with E-state index in [1.165, 1.54) is 0 Å². The SMILES string of the molecule is CC(C)(C)NC[C@H](O)[C@@H]1CC(c2ccc(Cl)cc2)=NO1. The lowest BCUT2D eigenvalue weighted by Crippen LogP contribution is -2.44. The molecule has 0 aromatic heterocycles. The van der Waals surface area contributed by atoms with Crippen molar-refractivity contribution in [2.75, 3.05) is 6.54 Å². The molecule has 1 aromatic rings. The van der Waals surface area contributed by atoms with Gasteiger partial charge in [0.2, 0.25) is 0 Å². The van der Waals surface area contributed by atoms with E-state index in [0.29, 0.717) is 18.0 Å². The molecule has 4 nitrogen and oxygen atoms in total. The molecule has 0 bridgehead atoms. The first-order valence-electron chi connectivity index (χ1n) is 6.77. The minimum atomic E-state index is -0.581. The van der Waals surface area contributed by atoms with E-state index in [1.54, 1.807) is 0 Å². The van der Waals surface area contributed by atoms with E-state index >= 15 is 0 Å². The number of halogens is 1. The van der Waals surface area contributed by atoms with Crippen molar-refractivity contribution in [1.82, 2.24) is 5.32 Å². The van der Waals surface area contributed by atoms with Crippen molar-refractivity contribution >= 4 is 17.3 Å². The summed E-state index contributed by atoms with van der Waals surface area (Å²) in [5.41, 5.74) is 1.80. The maximum atomic E-state index is 10.1. The minimum absolute atomic E-state index is 0.0283.